The normalized spacial score (nSPS) is 10.1. The van der Waals surface area contributed by atoms with E-state index in [-0.39, 0.29) is 6.42 Å². The molecule has 1 radical (unpaired) electrons. The molecular formula is C15H14BO2S. The van der Waals surface area contributed by atoms with Gasteiger partial charge in [0.15, 0.2) is 0 Å². The highest BCUT2D eigenvalue weighted by Crippen LogP contribution is 2.12. The fraction of sp³-hybridized carbons (Fsp3) is 0.133. The molecule has 0 aromatic heterocycles. The van der Waals surface area contributed by atoms with Gasteiger partial charge < -0.3 is 5.11 Å². The molecule has 0 saturated heterocycles. The maximum atomic E-state index is 10.6. The molecule has 4 heteroatoms. The molecule has 0 aliphatic heterocycles. The average molecular weight is 269 g/mol. The molecule has 2 aromatic rings. The van der Waals surface area contributed by atoms with Gasteiger partial charge in [-0.15, -0.1) is 0 Å². The van der Waals surface area contributed by atoms with E-state index in [0.29, 0.717) is 0 Å². The molecule has 0 atom stereocenters. The van der Waals surface area contributed by atoms with Crippen LogP contribution in [0.4, 0.5) is 0 Å². The van der Waals surface area contributed by atoms with Gasteiger partial charge in [0, 0.05) is 5.75 Å². The van der Waals surface area contributed by atoms with Gasteiger partial charge in [-0.2, -0.15) is 0 Å². The van der Waals surface area contributed by atoms with Crippen LogP contribution in [0.1, 0.15) is 11.1 Å². The van der Waals surface area contributed by atoms with Gasteiger partial charge in [-0.3, -0.25) is 4.79 Å². The Morgan fingerprint density at radius 3 is 2.26 bits per heavy atom. The maximum absolute atomic E-state index is 10.6. The van der Waals surface area contributed by atoms with E-state index in [1.807, 2.05) is 42.5 Å². The van der Waals surface area contributed by atoms with E-state index in [2.05, 4.69) is 18.7 Å². The van der Waals surface area contributed by atoms with Crippen molar-refractivity contribution >= 4 is 29.6 Å². The number of carbonyl (C=O) groups is 1. The minimum atomic E-state index is -0.792. The quantitative estimate of drug-likeness (QED) is 0.819. The zero-order valence-electron chi connectivity index (χ0n) is 10.5. The Hall–Kier alpha value is -1.68. The van der Waals surface area contributed by atoms with Crippen LogP contribution < -0.4 is 5.46 Å². The highest BCUT2D eigenvalue weighted by Gasteiger charge is 2.01. The van der Waals surface area contributed by atoms with Crippen LogP contribution >= 0.6 is 11.6 Å². The predicted molar refractivity (Wildman–Crippen MR) is 80.9 cm³/mol. The first-order valence-corrected chi connectivity index (χ1v) is 7.08. The molecular weight excluding hydrogens is 255 g/mol. The van der Waals surface area contributed by atoms with Crippen molar-refractivity contribution < 1.29 is 9.90 Å². The Bertz CT molecular complexity index is 526. The summed E-state index contributed by atoms with van der Waals surface area (Å²) in [6.45, 7) is 2.13. The summed E-state index contributed by atoms with van der Waals surface area (Å²) in [6, 6.07) is 17.9. The summed E-state index contributed by atoms with van der Waals surface area (Å²) in [5.41, 5.74) is 3.25. The molecule has 0 fully saturated rings. The van der Waals surface area contributed by atoms with Crippen LogP contribution in [0.3, 0.4) is 0 Å². The Kier molecular flexibility index (Phi) is 5.10. The lowest BCUT2D eigenvalue weighted by Gasteiger charge is -2.03. The van der Waals surface area contributed by atoms with E-state index in [1.54, 1.807) is 11.6 Å². The zero-order chi connectivity index (χ0) is 13.5. The lowest BCUT2D eigenvalue weighted by molar-refractivity contribution is -0.136. The number of aliphatic carboxylic acids is 1. The lowest BCUT2D eigenvalue weighted by Crippen LogP contribution is -2.09. The Balaban J connectivity index is 1.81. The molecule has 2 nitrogen and oxygen atoms in total. The molecule has 0 aliphatic carbocycles. The van der Waals surface area contributed by atoms with Crippen LogP contribution in [-0.4, -0.2) is 17.6 Å². The number of hydrogen-bond donors (Lipinski definition) is 1. The summed E-state index contributed by atoms with van der Waals surface area (Å²) in [7, 11) is 0. The molecule has 2 rings (SSSR count). The van der Waals surface area contributed by atoms with Crippen LogP contribution in [0.15, 0.2) is 54.6 Å². The second-order valence-corrected chi connectivity index (χ2v) is 5.08. The largest absolute Gasteiger partial charge is 0.481 e. The van der Waals surface area contributed by atoms with Crippen LogP contribution in [0.25, 0.3) is 0 Å². The van der Waals surface area contributed by atoms with Crippen molar-refractivity contribution in [2.24, 2.45) is 0 Å². The molecule has 95 valence electrons. The molecule has 0 bridgehead atoms. The number of rotatable bonds is 6. The van der Waals surface area contributed by atoms with Crippen LogP contribution in [0, 0.1) is 0 Å². The van der Waals surface area contributed by atoms with E-state index in [9.17, 15) is 4.79 Å². The molecule has 0 unspecified atom stereocenters. The van der Waals surface area contributed by atoms with Gasteiger partial charge in [0.05, 0.1) is 6.42 Å². The first kappa shape index (κ1) is 13.7. The molecule has 1 N–H and O–H groups in total. The van der Waals surface area contributed by atoms with Gasteiger partial charge in [-0.05, 0) is 11.1 Å². The lowest BCUT2D eigenvalue weighted by atomic mass is 9.95. The van der Waals surface area contributed by atoms with E-state index < -0.39 is 5.97 Å². The topological polar surface area (TPSA) is 37.3 Å². The smallest absolute Gasteiger partial charge is 0.307 e. The maximum Gasteiger partial charge on any atom is 0.307 e. The van der Waals surface area contributed by atoms with Gasteiger partial charge >= 0.3 is 5.97 Å². The Morgan fingerprint density at radius 2 is 1.63 bits per heavy atom. The molecule has 2 aromatic carbocycles. The van der Waals surface area contributed by atoms with Crippen molar-refractivity contribution in [3.63, 3.8) is 0 Å². The fourth-order valence-corrected chi connectivity index (χ4v) is 2.51. The summed E-state index contributed by atoms with van der Waals surface area (Å²) in [6.07, 6.45) is 0.0869. The summed E-state index contributed by atoms with van der Waals surface area (Å²) in [5.74, 6) is 0.0990. The third kappa shape index (κ3) is 4.83. The van der Waals surface area contributed by atoms with E-state index >= 15 is 0 Å². The second kappa shape index (κ2) is 7.05. The summed E-state index contributed by atoms with van der Waals surface area (Å²) >= 11 is 1.74. The van der Waals surface area contributed by atoms with Crippen molar-refractivity contribution in [3.05, 3.63) is 65.7 Å². The highest BCUT2D eigenvalue weighted by atomic mass is 32.2. The zero-order valence-corrected chi connectivity index (χ0v) is 11.3. The van der Waals surface area contributed by atoms with E-state index in [1.165, 1.54) is 11.0 Å². The fourth-order valence-electron chi connectivity index (χ4n) is 1.69. The Morgan fingerprint density at radius 1 is 1.00 bits per heavy atom. The van der Waals surface area contributed by atoms with E-state index in [0.717, 1.165) is 11.3 Å². The summed E-state index contributed by atoms with van der Waals surface area (Å²) in [5, 5.41) is 8.69. The summed E-state index contributed by atoms with van der Waals surface area (Å²) in [4.78, 5) is 10.6. The van der Waals surface area contributed by atoms with Crippen LogP contribution in [0.5, 0.6) is 0 Å². The average Bonchev–Trinajstić information content (AvgIpc) is 2.41. The molecule has 0 heterocycles. The number of hydrogen-bond acceptors (Lipinski definition) is 2. The third-order valence-corrected chi connectivity index (χ3v) is 3.59. The van der Waals surface area contributed by atoms with Gasteiger partial charge in [0.2, 0.25) is 6.56 Å². The van der Waals surface area contributed by atoms with Crippen LogP contribution in [-0.2, 0) is 17.0 Å². The van der Waals surface area contributed by atoms with Crippen molar-refractivity contribution in [1.82, 2.24) is 0 Å². The molecule has 19 heavy (non-hydrogen) atoms. The van der Waals surface area contributed by atoms with Crippen molar-refractivity contribution in [1.29, 1.82) is 0 Å². The first-order chi connectivity index (χ1) is 9.24. The van der Waals surface area contributed by atoms with Gasteiger partial charge in [0.1, 0.15) is 0 Å². The van der Waals surface area contributed by atoms with Crippen molar-refractivity contribution in [2.75, 3.05) is 0 Å². The SMILES string of the molecule is O=C(O)Cc1ccc(CS[B]c2ccccc2)cc1. The number of carboxylic acid groups (broad SMARTS) is 1. The van der Waals surface area contributed by atoms with Gasteiger partial charge in [-0.1, -0.05) is 60.1 Å². The third-order valence-electron chi connectivity index (χ3n) is 2.65. The van der Waals surface area contributed by atoms with Crippen molar-refractivity contribution in [3.8, 4) is 0 Å². The minimum Gasteiger partial charge on any atom is -0.481 e. The van der Waals surface area contributed by atoms with Gasteiger partial charge in [0.25, 0.3) is 0 Å². The minimum absolute atomic E-state index is 0.0869. The predicted octanol–water partition coefficient (Wildman–Crippen LogP) is 2.49. The molecule has 0 aliphatic rings. The monoisotopic (exact) mass is 269 g/mol. The Labute approximate surface area is 118 Å². The second-order valence-electron chi connectivity index (χ2n) is 4.23. The van der Waals surface area contributed by atoms with E-state index in [4.69, 9.17) is 5.11 Å². The molecule has 0 saturated carbocycles. The van der Waals surface area contributed by atoms with Crippen molar-refractivity contribution in [2.45, 2.75) is 12.2 Å². The first-order valence-electron chi connectivity index (χ1n) is 6.03. The van der Waals surface area contributed by atoms with Crippen LogP contribution in [0.2, 0.25) is 0 Å². The number of carboxylic acids is 1. The standard InChI is InChI=1S/C15H14BO2S/c17-15(18)10-12-6-8-13(9-7-12)11-19-16-14-4-2-1-3-5-14/h1-9H,10-11H2,(H,17,18). The summed E-state index contributed by atoms with van der Waals surface area (Å²) < 4.78 is 0. The highest BCUT2D eigenvalue weighted by molar-refractivity contribution is 8.22. The van der Waals surface area contributed by atoms with Gasteiger partial charge in [-0.25, -0.2) is 11.6 Å². The molecule has 0 amide bonds. The number of benzene rings is 2. The molecule has 0 spiro atoms.